The third-order valence-corrected chi connectivity index (χ3v) is 6.95. The van der Waals surface area contributed by atoms with Gasteiger partial charge in [0.1, 0.15) is 17.3 Å². The number of alkyl halides is 2. The van der Waals surface area contributed by atoms with Crippen molar-refractivity contribution >= 4 is 23.2 Å². The lowest BCUT2D eigenvalue weighted by molar-refractivity contribution is 0.137. The van der Waals surface area contributed by atoms with E-state index in [1.807, 2.05) is 55.5 Å². The SMILES string of the molecule is CCOc1ccc([C@]23Oc4ccccc4[C@@H](c4ccc(F)cc4)[C@H]2C3(Cl)Cl)cc1. The van der Waals surface area contributed by atoms with Gasteiger partial charge in [-0.2, -0.15) is 0 Å². The van der Waals surface area contributed by atoms with Crippen molar-refractivity contribution in [2.45, 2.75) is 22.8 Å². The first kappa shape index (κ1) is 18.8. The highest BCUT2D eigenvalue weighted by molar-refractivity contribution is 6.52. The molecule has 3 atom stereocenters. The zero-order chi connectivity index (χ0) is 20.2. The molecule has 3 aromatic rings. The summed E-state index contributed by atoms with van der Waals surface area (Å²) in [6, 6.07) is 22.1. The Hall–Kier alpha value is -2.23. The van der Waals surface area contributed by atoms with Crippen molar-refractivity contribution in [1.29, 1.82) is 0 Å². The van der Waals surface area contributed by atoms with Gasteiger partial charge in [-0.1, -0.05) is 65.7 Å². The molecule has 5 heteroatoms. The Morgan fingerprint density at radius 1 is 0.966 bits per heavy atom. The van der Waals surface area contributed by atoms with Gasteiger partial charge in [0.05, 0.1) is 12.5 Å². The zero-order valence-corrected chi connectivity index (χ0v) is 17.3. The molecule has 1 saturated carbocycles. The molecule has 0 aromatic heterocycles. The van der Waals surface area contributed by atoms with E-state index >= 15 is 0 Å². The summed E-state index contributed by atoms with van der Waals surface area (Å²) in [6.07, 6.45) is 0. The first-order chi connectivity index (χ1) is 14.0. The zero-order valence-electron chi connectivity index (χ0n) is 15.7. The van der Waals surface area contributed by atoms with Gasteiger partial charge in [0.25, 0.3) is 0 Å². The number of rotatable bonds is 4. The first-order valence-corrected chi connectivity index (χ1v) is 10.4. The molecule has 29 heavy (non-hydrogen) atoms. The van der Waals surface area contributed by atoms with Crippen LogP contribution in [0.2, 0.25) is 0 Å². The summed E-state index contributed by atoms with van der Waals surface area (Å²) in [6.45, 7) is 2.54. The van der Waals surface area contributed by atoms with Crippen LogP contribution in [-0.4, -0.2) is 10.9 Å². The van der Waals surface area contributed by atoms with Crippen molar-refractivity contribution in [3.8, 4) is 11.5 Å². The second-order valence-corrected chi connectivity index (χ2v) is 8.85. The molecule has 1 aliphatic carbocycles. The maximum absolute atomic E-state index is 13.6. The van der Waals surface area contributed by atoms with Crippen molar-refractivity contribution in [2.24, 2.45) is 5.92 Å². The molecule has 0 radical (unpaired) electrons. The highest BCUT2D eigenvalue weighted by Gasteiger charge is 2.83. The standard InChI is InChI=1S/C24H19Cl2FO2/c1-2-28-18-13-9-16(10-14-18)23-22(24(23,25)26)21(15-7-11-17(27)12-8-15)19-5-3-4-6-20(19)29-23/h3-14,21-22H,2H2,1H3/t21-,22-,23+/m1/s1. The number of ether oxygens (including phenoxy) is 2. The topological polar surface area (TPSA) is 18.5 Å². The minimum atomic E-state index is -1.13. The summed E-state index contributed by atoms with van der Waals surface area (Å²) >= 11 is 13.8. The lowest BCUT2D eigenvalue weighted by Crippen LogP contribution is -2.28. The lowest BCUT2D eigenvalue weighted by atomic mass is 9.82. The molecule has 5 rings (SSSR count). The third kappa shape index (κ3) is 2.68. The van der Waals surface area contributed by atoms with E-state index in [-0.39, 0.29) is 17.7 Å². The van der Waals surface area contributed by atoms with Crippen molar-refractivity contribution in [1.82, 2.24) is 0 Å². The highest BCUT2D eigenvalue weighted by atomic mass is 35.5. The molecule has 2 nitrogen and oxygen atoms in total. The van der Waals surface area contributed by atoms with E-state index in [4.69, 9.17) is 32.7 Å². The molecular weight excluding hydrogens is 410 g/mol. The second-order valence-electron chi connectivity index (χ2n) is 7.46. The van der Waals surface area contributed by atoms with Gasteiger partial charge in [0.15, 0.2) is 9.93 Å². The molecule has 3 aromatic carbocycles. The number of benzene rings is 3. The molecule has 0 spiro atoms. The van der Waals surface area contributed by atoms with Gasteiger partial charge in [0.2, 0.25) is 0 Å². The molecule has 1 aliphatic heterocycles. The lowest BCUT2D eigenvalue weighted by Gasteiger charge is -2.31. The van der Waals surface area contributed by atoms with Crippen LogP contribution in [0.4, 0.5) is 4.39 Å². The van der Waals surface area contributed by atoms with Crippen LogP contribution >= 0.6 is 23.2 Å². The summed E-state index contributed by atoms with van der Waals surface area (Å²) in [5.74, 6) is 0.936. The predicted octanol–water partition coefficient (Wildman–Crippen LogP) is 6.45. The van der Waals surface area contributed by atoms with Gasteiger partial charge < -0.3 is 9.47 Å². The first-order valence-electron chi connectivity index (χ1n) is 9.63. The van der Waals surface area contributed by atoms with Crippen LogP contribution < -0.4 is 9.47 Å². The van der Waals surface area contributed by atoms with Gasteiger partial charge in [-0.3, -0.25) is 0 Å². The van der Waals surface area contributed by atoms with Crippen LogP contribution in [0.25, 0.3) is 0 Å². The largest absolute Gasteiger partial charge is 0.494 e. The fraction of sp³-hybridized carbons (Fsp3) is 0.250. The van der Waals surface area contributed by atoms with E-state index in [2.05, 4.69) is 0 Å². The fourth-order valence-corrected chi connectivity index (χ4v) is 5.58. The van der Waals surface area contributed by atoms with Gasteiger partial charge in [-0.25, -0.2) is 4.39 Å². The van der Waals surface area contributed by atoms with Gasteiger partial charge >= 0.3 is 0 Å². The Morgan fingerprint density at radius 3 is 2.34 bits per heavy atom. The van der Waals surface area contributed by atoms with Crippen LogP contribution in [0, 0.1) is 11.7 Å². The van der Waals surface area contributed by atoms with E-state index in [9.17, 15) is 4.39 Å². The molecular formula is C24H19Cl2FO2. The highest BCUT2D eigenvalue weighted by Crippen LogP contribution is 2.77. The number of halogens is 3. The Labute approximate surface area is 179 Å². The molecule has 148 valence electrons. The number of fused-ring (bicyclic) bond motifs is 2. The summed E-state index contributed by atoms with van der Waals surface area (Å²) in [5, 5.41) is 0. The third-order valence-electron chi connectivity index (χ3n) is 5.92. The van der Waals surface area contributed by atoms with E-state index in [1.54, 1.807) is 12.1 Å². The number of hydrogen-bond donors (Lipinski definition) is 0. The monoisotopic (exact) mass is 428 g/mol. The molecule has 2 aliphatic rings. The predicted molar refractivity (Wildman–Crippen MR) is 113 cm³/mol. The van der Waals surface area contributed by atoms with E-state index in [1.165, 1.54) is 12.1 Å². The van der Waals surface area contributed by atoms with Crippen LogP contribution in [0.1, 0.15) is 29.5 Å². The van der Waals surface area contributed by atoms with Crippen molar-refractivity contribution in [2.75, 3.05) is 6.61 Å². The van der Waals surface area contributed by atoms with E-state index in [0.717, 1.165) is 28.2 Å². The minimum absolute atomic E-state index is 0.109. The Morgan fingerprint density at radius 2 is 1.66 bits per heavy atom. The average Bonchev–Trinajstić information content (AvgIpc) is 3.23. The number of para-hydroxylation sites is 1. The molecule has 0 saturated heterocycles. The average molecular weight is 429 g/mol. The fourth-order valence-electron chi connectivity index (χ4n) is 4.60. The van der Waals surface area contributed by atoms with E-state index in [0.29, 0.717) is 6.61 Å². The summed E-state index contributed by atoms with van der Waals surface area (Å²) in [7, 11) is 0. The smallest absolute Gasteiger partial charge is 0.174 e. The normalized spacial score (nSPS) is 26.1. The van der Waals surface area contributed by atoms with Crippen molar-refractivity contribution in [3.63, 3.8) is 0 Å². The van der Waals surface area contributed by atoms with Gasteiger partial charge in [0, 0.05) is 11.5 Å². The summed E-state index contributed by atoms with van der Waals surface area (Å²) < 4.78 is 24.5. The molecule has 0 unspecified atom stereocenters. The molecule has 0 amide bonds. The Balaban J connectivity index is 1.65. The minimum Gasteiger partial charge on any atom is -0.494 e. The molecule has 1 fully saturated rings. The quantitative estimate of drug-likeness (QED) is 0.444. The summed E-state index contributed by atoms with van der Waals surface area (Å²) in [4.78, 5) is 0. The van der Waals surface area contributed by atoms with E-state index < -0.39 is 9.93 Å². The van der Waals surface area contributed by atoms with Crippen LogP contribution in [0.5, 0.6) is 11.5 Å². The molecule has 0 N–H and O–H groups in total. The van der Waals surface area contributed by atoms with Gasteiger partial charge in [-0.15, -0.1) is 0 Å². The van der Waals surface area contributed by atoms with Crippen LogP contribution in [-0.2, 0) is 5.60 Å². The van der Waals surface area contributed by atoms with Gasteiger partial charge in [-0.05, 0) is 48.4 Å². The van der Waals surface area contributed by atoms with Crippen molar-refractivity contribution in [3.05, 3.63) is 95.3 Å². The molecule has 1 heterocycles. The Bertz CT molecular complexity index is 1050. The maximum atomic E-state index is 13.6. The number of hydrogen-bond acceptors (Lipinski definition) is 2. The van der Waals surface area contributed by atoms with Crippen molar-refractivity contribution < 1.29 is 13.9 Å². The van der Waals surface area contributed by atoms with Crippen LogP contribution in [0.15, 0.2) is 72.8 Å². The summed E-state index contributed by atoms with van der Waals surface area (Å²) in [5.41, 5.74) is 1.99. The second kappa shape index (κ2) is 6.65. The molecule has 0 bridgehead atoms. The maximum Gasteiger partial charge on any atom is 0.174 e. The van der Waals surface area contributed by atoms with Crippen LogP contribution in [0.3, 0.4) is 0 Å². The Kier molecular flexibility index (Phi) is 4.30.